The van der Waals surface area contributed by atoms with Crippen molar-refractivity contribution in [3.05, 3.63) is 0 Å². The first-order chi connectivity index (χ1) is 5.83. The van der Waals surface area contributed by atoms with Crippen molar-refractivity contribution >= 4 is 14.0 Å². The summed E-state index contributed by atoms with van der Waals surface area (Å²) in [6.07, 6.45) is 2.89. The standard InChI is InChI=1S/C9H21NO2Si/c1-13(2,3)7-5-4-6-8(10)9(11)12/h8H,4-7,10H2,1-3H3,(H,11,12)/p+1. The number of hydrogen-bond donors (Lipinski definition) is 2. The summed E-state index contributed by atoms with van der Waals surface area (Å²) in [5, 5.41) is 8.59. The van der Waals surface area contributed by atoms with Gasteiger partial charge in [0.2, 0.25) is 0 Å². The highest BCUT2D eigenvalue weighted by Crippen LogP contribution is 2.13. The number of carboxylic acid groups (broad SMARTS) is 1. The van der Waals surface area contributed by atoms with Crippen molar-refractivity contribution in [2.45, 2.75) is 51.0 Å². The van der Waals surface area contributed by atoms with Gasteiger partial charge in [0.25, 0.3) is 0 Å². The molecule has 0 aliphatic heterocycles. The highest BCUT2D eigenvalue weighted by molar-refractivity contribution is 6.76. The second-order valence-electron chi connectivity index (χ2n) is 4.84. The van der Waals surface area contributed by atoms with Crippen LogP contribution in [-0.2, 0) is 4.79 Å². The summed E-state index contributed by atoms with van der Waals surface area (Å²) in [5.74, 6) is -0.770. The van der Waals surface area contributed by atoms with Gasteiger partial charge in [-0.3, -0.25) is 0 Å². The largest absolute Gasteiger partial charge is 0.477 e. The van der Waals surface area contributed by atoms with E-state index in [9.17, 15) is 4.79 Å². The molecule has 0 aromatic carbocycles. The van der Waals surface area contributed by atoms with Gasteiger partial charge in [-0.05, 0) is 6.42 Å². The average Bonchev–Trinajstić information content (AvgIpc) is 1.95. The lowest BCUT2D eigenvalue weighted by molar-refractivity contribution is -0.409. The zero-order chi connectivity index (χ0) is 10.5. The van der Waals surface area contributed by atoms with Crippen LogP contribution >= 0.6 is 0 Å². The fourth-order valence-electron chi connectivity index (χ4n) is 1.17. The van der Waals surface area contributed by atoms with Gasteiger partial charge in [0.05, 0.1) is 0 Å². The van der Waals surface area contributed by atoms with Crippen LogP contribution in [0.4, 0.5) is 0 Å². The molecule has 13 heavy (non-hydrogen) atoms. The number of rotatable bonds is 6. The molecule has 0 aliphatic carbocycles. The summed E-state index contributed by atoms with van der Waals surface area (Å²) in [5.41, 5.74) is 3.58. The molecular weight excluding hydrogens is 182 g/mol. The minimum absolute atomic E-state index is 0.415. The van der Waals surface area contributed by atoms with Crippen molar-refractivity contribution in [2.75, 3.05) is 0 Å². The number of unbranched alkanes of at least 4 members (excludes halogenated alkanes) is 1. The number of carboxylic acids is 1. The molecule has 1 atom stereocenters. The molecule has 4 heteroatoms. The van der Waals surface area contributed by atoms with E-state index in [0.29, 0.717) is 0 Å². The normalized spacial score (nSPS) is 14.2. The fraction of sp³-hybridized carbons (Fsp3) is 0.889. The van der Waals surface area contributed by atoms with E-state index < -0.39 is 20.1 Å². The van der Waals surface area contributed by atoms with E-state index in [1.54, 1.807) is 0 Å². The van der Waals surface area contributed by atoms with Crippen LogP contribution in [0.15, 0.2) is 0 Å². The van der Waals surface area contributed by atoms with Crippen molar-refractivity contribution in [3.63, 3.8) is 0 Å². The Morgan fingerprint density at radius 1 is 1.38 bits per heavy atom. The minimum atomic E-state index is -0.924. The first kappa shape index (κ1) is 12.6. The highest BCUT2D eigenvalue weighted by atomic mass is 28.3. The van der Waals surface area contributed by atoms with Crippen LogP contribution in [0, 0.1) is 0 Å². The van der Waals surface area contributed by atoms with E-state index in [0.717, 1.165) is 19.3 Å². The Labute approximate surface area is 81.3 Å². The van der Waals surface area contributed by atoms with E-state index in [-0.39, 0.29) is 0 Å². The lowest BCUT2D eigenvalue weighted by Gasteiger charge is -2.14. The van der Waals surface area contributed by atoms with Crippen LogP contribution in [0.25, 0.3) is 0 Å². The van der Waals surface area contributed by atoms with Crippen LogP contribution in [0.1, 0.15) is 19.3 Å². The molecule has 0 radical (unpaired) electrons. The Kier molecular flexibility index (Phi) is 5.25. The van der Waals surface area contributed by atoms with Gasteiger partial charge in [-0.2, -0.15) is 0 Å². The van der Waals surface area contributed by atoms with Gasteiger partial charge >= 0.3 is 5.97 Å². The predicted molar refractivity (Wildman–Crippen MR) is 56.3 cm³/mol. The predicted octanol–water partition coefficient (Wildman–Crippen LogP) is 1.19. The van der Waals surface area contributed by atoms with Crippen molar-refractivity contribution < 1.29 is 15.6 Å². The lowest BCUT2D eigenvalue weighted by Crippen LogP contribution is -2.64. The summed E-state index contributed by atoms with van der Waals surface area (Å²) in [4.78, 5) is 10.4. The van der Waals surface area contributed by atoms with Gasteiger partial charge in [-0.25, -0.2) is 4.79 Å². The summed E-state index contributed by atoms with van der Waals surface area (Å²) in [6.45, 7) is 7.02. The Morgan fingerprint density at radius 3 is 2.31 bits per heavy atom. The van der Waals surface area contributed by atoms with Crippen molar-refractivity contribution in [2.24, 2.45) is 0 Å². The summed E-state index contributed by atoms with van der Waals surface area (Å²) < 4.78 is 0. The number of aliphatic carboxylic acids is 1. The van der Waals surface area contributed by atoms with E-state index >= 15 is 0 Å². The molecule has 0 bridgehead atoms. The van der Waals surface area contributed by atoms with Gasteiger partial charge in [-0.1, -0.05) is 32.1 Å². The van der Waals surface area contributed by atoms with Crippen LogP contribution in [-0.4, -0.2) is 25.2 Å². The number of hydrogen-bond acceptors (Lipinski definition) is 1. The third kappa shape index (κ3) is 7.99. The molecule has 3 nitrogen and oxygen atoms in total. The second kappa shape index (κ2) is 5.39. The maximum atomic E-state index is 10.4. The highest BCUT2D eigenvalue weighted by Gasteiger charge is 2.16. The Balaban J connectivity index is 3.41. The number of quaternary nitrogens is 1. The maximum Gasteiger partial charge on any atom is 0.362 e. The van der Waals surface area contributed by atoms with Gasteiger partial charge < -0.3 is 10.8 Å². The van der Waals surface area contributed by atoms with E-state index in [2.05, 4.69) is 25.4 Å². The second-order valence-corrected chi connectivity index (χ2v) is 10.5. The third-order valence-corrected chi connectivity index (χ3v) is 3.93. The molecule has 0 saturated heterocycles. The van der Waals surface area contributed by atoms with E-state index in [4.69, 9.17) is 5.11 Å². The number of carbonyl (C=O) groups is 1. The first-order valence-electron chi connectivity index (χ1n) is 4.89. The van der Waals surface area contributed by atoms with Crippen molar-refractivity contribution in [3.8, 4) is 0 Å². The van der Waals surface area contributed by atoms with Gasteiger partial charge in [0.15, 0.2) is 6.04 Å². The Bertz CT molecular complexity index is 165. The monoisotopic (exact) mass is 204 g/mol. The topological polar surface area (TPSA) is 64.9 Å². The Morgan fingerprint density at radius 2 is 1.92 bits per heavy atom. The summed E-state index contributed by atoms with van der Waals surface area (Å²) in [6, 6.07) is 0.876. The molecule has 4 N–H and O–H groups in total. The first-order valence-corrected chi connectivity index (χ1v) is 8.59. The van der Waals surface area contributed by atoms with Crippen LogP contribution in [0.5, 0.6) is 0 Å². The molecule has 0 saturated carbocycles. The zero-order valence-corrected chi connectivity index (χ0v) is 9.97. The smallest absolute Gasteiger partial charge is 0.362 e. The quantitative estimate of drug-likeness (QED) is 0.504. The molecule has 0 aliphatic rings. The van der Waals surface area contributed by atoms with Gasteiger partial charge in [0.1, 0.15) is 0 Å². The molecule has 0 heterocycles. The molecule has 0 fully saturated rings. The Hall–Kier alpha value is -0.353. The fourth-order valence-corrected chi connectivity index (χ4v) is 2.48. The lowest BCUT2D eigenvalue weighted by atomic mass is 10.1. The SMILES string of the molecule is C[Si](C)(C)CCCCC([NH3+])C(=O)O. The van der Waals surface area contributed by atoms with E-state index in [1.165, 1.54) is 6.04 Å². The molecule has 78 valence electrons. The van der Waals surface area contributed by atoms with E-state index in [1.807, 2.05) is 0 Å². The average molecular weight is 204 g/mol. The minimum Gasteiger partial charge on any atom is -0.477 e. The van der Waals surface area contributed by atoms with Crippen LogP contribution in [0.2, 0.25) is 25.7 Å². The van der Waals surface area contributed by atoms with Crippen LogP contribution < -0.4 is 5.73 Å². The van der Waals surface area contributed by atoms with Gasteiger partial charge in [0, 0.05) is 14.5 Å². The zero-order valence-electron chi connectivity index (χ0n) is 8.97. The summed E-state index contributed by atoms with van der Waals surface area (Å²) in [7, 11) is -0.924. The molecule has 1 unspecified atom stereocenters. The molecule has 0 aromatic rings. The molecule has 0 rings (SSSR count). The maximum absolute atomic E-state index is 10.4. The van der Waals surface area contributed by atoms with Crippen molar-refractivity contribution in [1.82, 2.24) is 0 Å². The van der Waals surface area contributed by atoms with Gasteiger partial charge in [-0.15, -0.1) is 0 Å². The third-order valence-electron chi connectivity index (χ3n) is 2.08. The molecule has 0 amide bonds. The molecule has 0 aromatic heterocycles. The molecule has 0 spiro atoms. The van der Waals surface area contributed by atoms with Crippen molar-refractivity contribution in [1.29, 1.82) is 0 Å². The molecular formula is C9H22NO2Si+. The van der Waals surface area contributed by atoms with Crippen LogP contribution in [0.3, 0.4) is 0 Å². The summed E-state index contributed by atoms with van der Waals surface area (Å²) >= 11 is 0.